The van der Waals surface area contributed by atoms with E-state index in [0.717, 1.165) is 12.2 Å². The Bertz CT molecular complexity index is 468. The van der Waals surface area contributed by atoms with Crippen LogP contribution in [0.4, 0.5) is 5.69 Å². The highest BCUT2D eigenvalue weighted by atomic mass is 32.1. The molecule has 1 N–H and O–H groups in total. The van der Waals surface area contributed by atoms with E-state index in [0.29, 0.717) is 5.88 Å². The lowest BCUT2D eigenvalue weighted by molar-refractivity contribution is 0.398. The van der Waals surface area contributed by atoms with Gasteiger partial charge < -0.3 is 10.1 Å². The number of aryl methyl sites for hydroxylation is 1. The average molecular weight is 234 g/mol. The van der Waals surface area contributed by atoms with Crippen molar-refractivity contribution in [2.24, 2.45) is 0 Å². The number of hydrogen-bond acceptors (Lipinski definition) is 4. The van der Waals surface area contributed by atoms with E-state index in [9.17, 15) is 0 Å². The molecule has 0 aliphatic heterocycles. The van der Waals surface area contributed by atoms with Crippen molar-refractivity contribution >= 4 is 17.0 Å². The number of ether oxygens (including phenoxy) is 1. The Kier molecular flexibility index (Phi) is 3.41. The summed E-state index contributed by atoms with van der Waals surface area (Å²) in [7, 11) is 1.62. The molecule has 0 amide bonds. The lowest BCUT2D eigenvalue weighted by Gasteiger charge is -2.07. The van der Waals surface area contributed by atoms with E-state index in [1.54, 1.807) is 24.6 Å². The zero-order chi connectivity index (χ0) is 11.4. The first kappa shape index (κ1) is 11.0. The van der Waals surface area contributed by atoms with Crippen LogP contribution in [0.3, 0.4) is 0 Å². The molecule has 0 aliphatic rings. The minimum atomic E-state index is 0.632. The molecule has 16 heavy (non-hydrogen) atoms. The van der Waals surface area contributed by atoms with E-state index in [2.05, 4.69) is 28.0 Å². The van der Waals surface area contributed by atoms with Crippen LogP contribution in [0.5, 0.6) is 5.88 Å². The Morgan fingerprint density at radius 2 is 2.31 bits per heavy atom. The molecule has 0 aromatic carbocycles. The summed E-state index contributed by atoms with van der Waals surface area (Å²) in [4.78, 5) is 4.06. The number of thiophene rings is 1. The first-order valence-corrected chi connectivity index (χ1v) is 5.99. The van der Waals surface area contributed by atoms with Crippen LogP contribution in [0.1, 0.15) is 11.1 Å². The summed E-state index contributed by atoms with van der Waals surface area (Å²) in [5.74, 6) is 0.632. The average Bonchev–Trinajstić information content (AvgIpc) is 2.72. The summed E-state index contributed by atoms with van der Waals surface area (Å²) < 4.78 is 5.07. The second-order valence-corrected chi connectivity index (χ2v) is 4.26. The highest BCUT2D eigenvalue weighted by Gasteiger charge is 2.00. The zero-order valence-corrected chi connectivity index (χ0v) is 10.2. The Morgan fingerprint density at radius 3 is 3.00 bits per heavy atom. The predicted octanol–water partition coefficient (Wildman–Crippen LogP) is 3.07. The van der Waals surface area contributed by atoms with E-state index in [1.807, 2.05) is 12.1 Å². The molecule has 2 aromatic rings. The van der Waals surface area contributed by atoms with Gasteiger partial charge in [-0.25, -0.2) is 4.98 Å². The van der Waals surface area contributed by atoms with Crippen molar-refractivity contribution in [1.82, 2.24) is 4.98 Å². The topological polar surface area (TPSA) is 34.1 Å². The molecular formula is C12H14N2OS. The number of nitrogens with zero attached hydrogens (tertiary/aromatic N) is 1. The van der Waals surface area contributed by atoms with Crippen molar-refractivity contribution < 1.29 is 4.74 Å². The van der Waals surface area contributed by atoms with Gasteiger partial charge in [0.2, 0.25) is 5.88 Å². The first-order chi connectivity index (χ1) is 7.79. The summed E-state index contributed by atoms with van der Waals surface area (Å²) in [6, 6.07) is 3.83. The molecule has 2 aromatic heterocycles. The van der Waals surface area contributed by atoms with Crippen LogP contribution in [-0.2, 0) is 6.54 Å². The normalized spacial score (nSPS) is 10.1. The van der Waals surface area contributed by atoms with Gasteiger partial charge in [-0.3, -0.25) is 0 Å². The smallest absolute Gasteiger partial charge is 0.214 e. The largest absolute Gasteiger partial charge is 0.481 e. The Morgan fingerprint density at radius 1 is 1.44 bits per heavy atom. The van der Waals surface area contributed by atoms with Gasteiger partial charge in [0, 0.05) is 24.5 Å². The van der Waals surface area contributed by atoms with E-state index in [-0.39, 0.29) is 0 Å². The molecule has 2 rings (SSSR count). The second-order valence-electron chi connectivity index (χ2n) is 3.52. The van der Waals surface area contributed by atoms with Crippen LogP contribution < -0.4 is 10.1 Å². The fourth-order valence-electron chi connectivity index (χ4n) is 1.40. The van der Waals surface area contributed by atoms with Crippen molar-refractivity contribution in [1.29, 1.82) is 0 Å². The summed E-state index contributed by atoms with van der Waals surface area (Å²) in [5, 5.41) is 7.67. The summed E-state index contributed by atoms with van der Waals surface area (Å²) in [6.07, 6.45) is 1.74. The van der Waals surface area contributed by atoms with E-state index >= 15 is 0 Å². The molecule has 0 fully saturated rings. The van der Waals surface area contributed by atoms with Crippen LogP contribution in [0.2, 0.25) is 0 Å². The van der Waals surface area contributed by atoms with Gasteiger partial charge in [-0.15, -0.1) is 0 Å². The molecule has 2 heterocycles. The van der Waals surface area contributed by atoms with Gasteiger partial charge in [0.25, 0.3) is 0 Å². The van der Waals surface area contributed by atoms with Gasteiger partial charge in [0.1, 0.15) is 0 Å². The van der Waals surface area contributed by atoms with Crippen LogP contribution in [0.15, 0.2) is 29.1 Å². The first-order valence-electron chi connectivity index (χ1n) is 5.05. The van der Waals surface area contributed by atoms with Crippen LogP contribution in [0.25, 0.3) is 0 Å². The van der Waals surface area contributed by atoms with Gasteiger partial charge in [0.05, 0.1) is 7.11 Å². The minimum absolute atomic E-state index is 0.632. The van der Waals surface area contributed by atoms with Crippen molar-refractivity contribution in [2.75, 3.05) is 12.4 Å². The predicted molar refractivity (Wildman–Crippen MR) is 67.2 cm³/mol. The molecule has 0 unspecified atom stereocenters. The molecule has 0 radical (unpaired) electrons. The number of pyridine rings is 1. The third-order valence-electron chi connectivity index (χ3n) is 2.39. The molecule has 0 saturated heterocycles. The maximum absolute atomic E-state index is 5.07. The standard InChI is InChI=1S/C12H14N2OS/c1-9-7-16-8-10(9)6-14-11-3-4-13-12(5-11)15-2/h3-5,7-8H,6H2,1-2H3,(H,13,14). The lowest BCUT2D eigenvalue weighted by Crippen LogP contribution is -2.00. The quantitative estimate of drug-likeness (QED) is 0.882. The molecule has 0 spiro atoms. The van der Waals surface area contributed by atoms with Crippen molar-refractivity contribution in [3.8, 4) is 5.88 Å². The van der Waals surface area contributed by atoms with Crippen LogP contribution in [0, 0.1) is 6.92 Å². The molecule has 0 aliphatic carbocycles. The summed E-state index contributed by atoms with van der Waals surface area (Å²) in [6.45, 7) is 2.96. The van der Waals surface area contributed by atoms with Gasteiger partial charge in [-0.05, 0) is 34.9 Å². The van der Waals surface area contributed by atoms with Crippen LogP contribution >= 0.6 is 11.3 Å². The fraction of sp³-hybridized carbons (Fsp3) is 0.250. The van der Waals surface area contributed by atoms with Gasteiger partial charge in [-0.2, -0.15) is 11.3 Å². The molecular weight excluding hydrogens is 220 g/mol. The number of nitrogens with one attached hydrogen (secondary N) is 1. The Hall–Kier alpha value is -1.55. The van der Waals surface area contributed by atoms with Gasteiger partial charge >= 0.3 is 0 Å². The van der Waals surface area contributed by atoms with Crippen molar-refractivity contribution in [3.63, 3.8) is 0 Å². The Balaban J connectivity index is 2.02. The maximum atomic E-state index is 5.07. The number of rotatable bonds is 4. The molecule has 0 saturated carbocycles. The van der Waals surface area contributed by atoms with Crippen molar-refractivity contribution in [3.05, 3.63) is 40.2 Å². The number of anilines is 1. The lowest BCUT2D eigenvalue weighted by atomic mass is 10.2. The number of hydrogen-bond donors (Lipinski definition) is 1. The molecule has 84 valence electrons. The third kappa shape index (κ3) is 2.52. The van der Waals surface area contributed by atoms with Gasteiger partial charge in [0.15, 0.2) is 0 Å². The molecule has 0 atom stereocenters. The summed E-state index contributed by atoms with van der Waals surface area (Å²) in [5.41, 5.74) is 3.69. The second kappa shape index (κ2) is 4.99. The highest BCUT2D eigenvalue weighted by Crippen LogP contribution is 2.17. The fourth-order valence-corrected chi connectivity index (χ4v) is 2.25. The number of aromatic nitrogens is 1. The van der Waals surface area contributed by atoms with Gasteiger partial charge in [-0.1, -0.05) is 0 Å². The highest BCUT2D eigenvalue weighted by molar-refractivity contribution is 7.08. The minimum Gasteiger partial charge on any atom is -0.481 e. The monoisotopic (exact) mass is 234 g/mol. The van der Waals surface area contributed by atoms with Crippen LogP contribution in [-0.4, -0.2) is 12.1 Å². The molecule has 4 heteroatoms. The molecule has 0 bridgehead atoms. The maximum Gasteiger partial charge on any atom is 0.214 e. The summed E-state index contributed by atoms with van der Waals surface area (Å²) >= 11 is 1.73. The Labute approximate surface area is 99.1 Å². The SMILES string of the molecule is COc1cc(NCc2cscc2C)ccn1. The van der Waals surface area contributed by atoms with E-state index in [4.69, 9.17) is 4.74 Å². The van der Waals surface area contributed by atoms with E-state index < -0.39 is 0 Å². The molecule has 3 nitrogen and oxygen atoms in total. The van der Waals surface area contributed by atoms with Crippen molar-refractivity contribution in [2.45, 2.75) is 13.5 Å². The van der Waals surface area contributed by atoms with E-state index in [1.165, 1.54) is 11.1 Å². The third-order valence-corrected chi connectivity index (χ3v) is 3.30. The zero-order valence-electron chi connectivity index (χ0n) is 9.36. The number of methoxy groups -OCH3 is 1.